The Bertz CT molecular complexity index is 681. The maximum Gasteiger partial charge on any atom is 0.301 e. The Labute approximate surface area is 124 Å². The number of hydrogen-bond acceptors (Lipinski definition) is 3. The van der Waals surface area contributed by atoms with E-state index in [-0.39, 0.29) is 11.8 Å². The second-order valence-electron chi connectivity index (χ2n) is 5.75. The van der Waals surface area contributed by atoms with E-state index in [1.54, 1.807) is 17.0 Å². The number of fused-ring (bicyclic) bond motifs is 1. The van der Waals surface area contributed by atoms with Gasteiger partial charge in [0, 0.05) is 32.2 Å². The van der Waals surface area contributed by atoms with E-state index in [1.807, 2.05) is 6.07 Å². The van der Waals surface area contributed by atoms with Gasteiger partial charge in [-0.25, -0.2) is 0 Å². The molecule has 1 aromatic carbocycles. The maximum atomic E-state index is 12.3. The van der Waals surface area contributed by atoms with E-state index in [4.69, 9.17) is 0 Å². The van der Waals surface area contributed by atoms with Crippen molar-refractivity contribution in [2.45, 2.75) is 19.3 Å². The summed E-state index contributed by atoms with van der Waals surface area (Å²) in [6, 6.07) is 5.39. The van der Waals surface area contributed by atoms with Gasteiger partial charge in [0.1, 0.15) is 0 Å². The van der Waals surface area contributed by atoms with Crippen molar-refractivity contribution in [3.05, 3.63) is 23.8 Å². The summed E-state index contributed by atoms with van der Waals surface area (Å²) in [5.74, 6) is 0.333. The van der Waals surface area contributed by atoms with E-state index < -0.39 is 10.2 Å². The second kappa shape index (κ2) is 4.99. The van der Waals surface area contributed by atoms with Crippen LogP contribution in [0.5, 0.6) is 0 Å². The van der Waals surface area contributed by atoms with E-state index in [1.165, 1.54) is 14.1 Å². The molecule has 0 aromatic heterocycles. The highest BCUT2D eigenvalue weighted by atomic mass is 32.2. The fraction of sp³-hybridized carbons (Fsp3) is 0.500. The molecule has 114 valence electrons. The highest BCUT2D eigenvalue weighted by Crippen LogP contribution is 2.37. The maximum absolute atomic E-state index is 12.3. The molecule has 0 radical (unpaired) electrons. The van der Waals surface area contributed by atoms with E-state index >= 15 is 0 Å². The molecule has 0 unspecified atom stereocenters. The molecule has 0 saturated heterocycles. The summed E-state index contributed by atoms with van der Waals surface area (Å²) in [6.07, 6.45) is 2.77. The number of anilines is 2. The molecular weight excluding hydrogens is 290 g/mol. The minimum absolute atomic E-state index is 0.165. The lowest BCUT2D eigenvalue weighted by Crippen LogP contribution is -2.30. The number of rotatable bonds is 4. The molecule has 2 aliphatic rings. The molecule has 1 aromatic rings. The molecule has 1 amide bonds. The monoisotopic (exact) mass is 309 g/mol. The number of benzene rings is 1. The molecule has 6 nitrogen and oxygen atoms in total. The summed E-state index contributed by atoms with van der Waals surface area (Å²) < 4.78 is 27.4. The predicted molar refractivity (Wildman–Crippen MR) is 81.5 cm³/mol. The van der Waals surface area contributed by atoms with Crippen LogP contribution in [0.2, 0.25) is 0 Å². The van der Waals surface area contributed by atoms with Crippen molar-refractivity contribution in [2.75, 3.05) is 30.3 Å². The van der Waals surface area contributed by atoms with Gasteiger partial charge in [-0.15, -0.1) is 0 Å². The molecular formula is C14H19N3O3S. The summed E-state index contributed by atoms with van der Waals surface area (Å²) in [5.41, 5.74) is 2.42. The molecule has 1 saturated carbocycles. The number of nitrogens with one attached hydrogen (secondary N) is 1. The third kappa shape index (κ3) is 2.75. The molecule has 3 rings (SSSR count). The SMILES string of the molecule is CN(C)S(=O)(=O)Nc1ccc2c(c1)N(C(=O)C1CC1)CC2. The molecule has 7 heteroatoms. The minimum Gasteiger partial charge on any atom is -0.312 e. The molecule has 1 aliphatic carbocycles. The van der Waals surface area contributed by atoms with Gasteiger partial charge in [0.2, 0.25) is 5.91 Å². The number of carbonyl (C=O) groups is 1. The van der Waals surface area contributed by atoms with Crippen molar-refractivity contribution in [3.63, 3.8) is 0 Å². The molecule has 21 heavy (non-hydrogen) atoms. The van der Waals surface area contributed by atoms with Crippen LogP contribution in [0, 0.1) is 5.92 Å². The van der Waals surface area contributed by atoms with Crippen molar-refractivity contribution in [1.29, 1.82) is 0 Å². The van der Waals surface area contributed by atoms with E-state index in [9.17, 15) is 13.2 Å². The molecule has 1 fully saturated rings. The first-order valence-corrected chi connectivity index (χ1v) is 8.47. The Balaban J connectivity index is 1.87. The van der Waals surface area contributed by atoms with Crippen molar-refractivity contribution in [2.24, 2.45) is 5.92 Å². The molecule has 1 N–H and O–H groups in total. The summed E-state index contributed by atoms with van der Waals surface area (Å²) in [6.45, 7) is 0.689. The minimum atomic E-state index is -3.53. The van der Waals surface area contributed by atoms with Crippen LogP contribution in [0.4, 0.5) is 11.4 Å². The zero-order valence-corrected chi connectivity index (χ0v) is 13.0. The van der Waals surface area contributed by atoms with Crippen LogP contribution in [0.25, 0.3) is 0 Å². The third-order valence-corrected chi connectivity index (χ3v) is 5.36. The average molecular weight is 309 g/mol. The fourth-order valence-corrected chi connectivity index (χ4v) is 3.07. The number of hydrogen-bond donors (Lipinski definition) is 1. The zero-order chi connectivity index (χ0) is 15.2. The first-order chi connectivity index (χ1) is 9.88. The van der Waals surface area contributed by atoms with Gasteiger partial charge in [-0.1, -0.05) is 6.07 Å². The van der Waals surface area contributed by atoms with Crippen LogP contribution >= 0.6 is 0 Å². The Morgan fingerprint density at radius 2 is 2.05 bits per heavy atom. The Morgan fingerprint density at radius 3 is 2.67 bits per heavy atom. The lowest BCUT2D eigenvalue weighted by molar-refractivity contribution is -0.119. The Morgan fingerprint density at radius 1 is 1.33 bits per heavy atom. The Hall–Kier alpha value is -1.60. The van der Waals surface area contributed by atoms with Crippen LogP contribution in [0.1, 0.15) is 18.4 Å². The molecule has 0 spiro atoms. The van der Waals surface area contributed by atoms with Crippen molar-refractivity contribution >= 4 is 27.5 Å². The lowest BCUT2D eigenvalue weighted by atomic mass is 10.1. The standard InChI is InChI=1S/C14H19N3O3S/c1-16(2)21(19,20)15-12-6-5-10-7-8-17(13(10)9-12)14(18)11-3-4-11/h5-6,9,11,15H,3-4,7-8H2,1-2H3. The van der Waals surface area contributed by atoms with E-state index in [0.29, 0.717) is 12.2 Å². The first kappa shape index (κ1) is 14.3. The Kier molecular flexibility index (Phi) is 3.41. The van der Waals surface area contributed by atoms with Gasteiger partial charge in [-0.05, 0) is 37.0 Å². The average Bonchev–Trinajstić information content (AvgIpc) is 3.18. The lowest BCUT2D eigenvalue weighted by Gasteiger charge is -2.19. The normalized spacial score (nSPS) is 18.0. The first-order valence-electron chi connectivity index (χ1n) is 7.03. The summed E-state index contributed by atoms with van der Waals surface area (Å²) in [7, 11) is -0.589. The van der Waals surface area contributed by atoms with Crippen LogP contribution in [0.3, 0.4) is 0 Å². The number of amides is 1. The predicted octanol–water partition coefficient (Wildman–Crippen LogP) is 1.20. The fourth-order valence-electron chi connectivity index (χ4n) is 2.46. The smallest absolute Gasteiger partial charge is 0.301 e. The largest absolute Gasteiger partial charge is 0.312 e. The number of nitrogens with zero attached hydrogens (tertiary/aromatic N) is 2. The van der Waals surface area contributed by atoms with Crippen molar-refractivity contribution in [3.8, 4) is 0 Å². The van der Waals surface area contributed by atoms with Gasteiger partial charge in [0.25, 0.3) is 0 Å². The van der Waals surface area contributed by atoms with Gasteiger partial charge in [-0.2, -0.15) is 12.7 Å². The van der Waals surface area contributed by atoms with E-state index in [2.05, 4.69) is 4.72 Å². The van der Waals surface area contributed by atoms with Crippen molar-refractivity contribution in [1.82, 2.24) is 4.31 Å². The van der Waals surface area contributed by atoms with E-state index in [0.717, 1.165) is 34.8 Å². The third-order valence-electron chi connectivity index (χ3n) is 3.90. The molecule has 0 bridgehead atoms. The van der Waals surface area contributed by atoms with Crippen LogP contribution < -0.4 is 9.62 Å². The van der Waals surface area contributed by atoms with Gasteiger partial charge >= 0.3 is 10.2 Å². The summed E-state index contributed by atoms with van der Waals surface area (Å²) in [5, 5.41) is 0. The van der Waals surface area contributed by atoms with Crippen LogP contribution in [0.15, 0.2) is 18.2 Å². The molecule has 1 aliphatic heterocycles. The van der Waals surface area contributed by atoms with Crippen LogP contribution in [-0.4, -0.2) is 39.3 Å². The van der Waals surface area contributed by atoms with Crippen LogP contribution in [-0.2, 0) is 21.4 Å². The summed E-state index contributed by atoms with van der Waals surface area (Å²) in [4.78, 5) is 14.0. The quantitative estimate of drug-likeness (QED) is 0.908. The highest BCUT2D eigenvalue weighted by Gasteiger charge is 2.36. The van der Waals surface area contributed by atoms with Gasteiger partial charge in [0.05, 0.1) is 5.69 Å². The zero-order valence-electron chi connectivity index (χ0n) is 12.2. The number of carbonyl (C=O) groups excluding carboxylic acids is 1. The van der Waals surface area contributed by atoms with Gasteiger partial charge in [-0.3, -0.25) is 9.52 Å². The highest BCUT2D eigenvalue weighted by molar-refractivity contribution is 7.90. The molecule has 1 heterocycles. The summed E-state index contributed by atoms with van der Waals surface area (Å²) >= 11 is 0. The molecule has 0 atom stereocenters. The van der Waals surface area contributed by atoms with Gasteiger partial charge in [0.15, 0.2) is 0 Å². The second-order valence-corrected chi connectivity index (χ2v) is 7.63. The van der Waals surface area contributed by atoms with Gasteiger partial charge < -0.3 is 4.90 Å². The topological polar surface area (TPSA) is 69.7 Å². The van der Waals surface area contributed by atoms with Crippen molar-refractivity contribution < 1.29 is 13.2 Å².